The van der Waals surface area contributed by atoms with Crippen LogP contribution < -0.4 is 0 Å². The summed E-state index contributed by atoms with van der Waals surface area (Å²) in [4.78, 5) is 0. The van der Waals surface area contributed by atoms with E-state index in [0.29, 0.717) is 32.6 Å². The minimum atomic E-state index is -2.97. The molecule has 0 saturated carbocycles. The second-order valence-corrected chi connectivity index (χ2v) is 7.10. The summed E-state index contributed by atoms with van der Waals surface area (Å²) in [7, 11) is -3.85. The lowest BCUT2D eigenvalue weighted by Crippen LogP contribution is -1.98. The lowest BCUT2D eigenvalue weighted by Gasteiger charge is -2.15. The van der Waals surface area contributed by atoms with Crippen molar-refractivity contribution in [2.45, 2.75) is 27.7 Å². The van der Waals surface area contributed by atoms with E-state index in [0.717, 1.165) is 0 Å². The van der Waals surface area contributed by atoms with Crippen molar-refractivity contribution in [2.24, 2.45) is 0 Å². The average Bonchev–Trinajstić information content (AvgIpc) is 2.36. The van der Waals surface area contributed by atoms with Crippen molar-refractivity contribution in [3.05, 3.63) is 12.2 Å². The molecule has 0 amide bonds. The number of rotatable bonds is 12. The highest BCUT2D eigenvalue weighted by molar-refractivity contribution is 7.54. The fourth-order valence-electron chi connectivity index (χ4n) is 1.33. The normalized spacial score (nSPS) is 12.7. The predicted molar refractivity (Wildman–Crippen MR) is 79.9 cm³/mol. The first kappa shape index (κ1) is 19.2. The largest absolute Gasteiger partial charge is 0.334 e. The molecular formula is C12H26O5P2. The summed E-state index contributed by atoms with van der Waals surface area (Å²) in [6.45, 7) is 9.53. The Bertz CT molecular complexity index is 267. The molecule has 0 aromatic rings. The van der Waals surface area contributed by atoms with E-state index in [1.807, 2.05) is 26.0 Å². The molecule has 0 fully saturated rings. The Labute approximate surface area is 118 Å². The maximum absolute atomic E-state index is 12.2. The van der Waals surface area contributed by atoms with Crippen molar-refractivity contribution < 1.29 is 22.7 Å². The van der Waals surface area contributed by atoms with E-state index in [1.54, 1.807) is 13.8 Å². The van der Waals surface area contributed by atoms with Crippen LogP contribution in [0.25, 0.3) is 0 Å². The third-order valence-corrected chi connectivity index (χ3v) is 5.51. The van der Waals surface area contributed by atoms with Crippen molar-refractivity contribution in [3.63, 3.8) is 0 Å². The summed E-state index contributed by atoms with van der Waals surface area (Å²) in [6.07, 6.45) is 4.71. The zero-order valence-corrected chi connectivity index (χ0v) is 14.1. The van der Waals surface area contributed by atoms with Crippen molar-refractivity contribution in [2.75, 3.05) is 38.8 Å². The Morgan fingerprint density at radius 3 is 1.84 bits per heavy atom. The summed E-state index contributed by atoms with van der Waals surface area (Å²) >= 11 is 0. The minimum Gasteiger partial charge on any atom is -0.334 e. The van der Waals surface area contributed by atoms with Gasteiger partial charge < -0.3 is 18.1 Å². The van der Waals surface area contributed by atoms with Crippen LogP contribution in [-0.2, 0) is 22.7 Å². The molecule has 114 valence electrons. The topological polar surface area (TPSA) is 54.0 Å². The standard InChI is InChI=1S/C12H26O5P2/c1-5-14-18(15-6-2)11-9-10-12-19(13,16-7-3)17-8-4/h9-10H,5-8,11-12H2,1-4H3/b10-9+. The van der Waals surface area contributed by atoms with Gasteiger partial charge in [-0.05, 0) is 27.7 Å². The lowest BCUT2D eigenvalue weighted by molar-refractivity contribution is 0.222. The van der Waals surface area contributed by atoms with E-state index in [1.165, 1.54) is 0 Å². The SMILES string of the molecule is CCOP(C/C=C/CP(=O)(OCC)OCC)OCC. The number of hydrogen-bond acceptors (Lipinski definition) is 5. The van der Waals surface area contributed by atoms with Crippen LogP contribution in [0.1, 0.15) is 27.7 Å². The van der Waals surface area contributed by atoms with Gasteiger partial charge in [0.1, 0.15) is 0 Å². The first-order chi connectivity index (χ1) is 9.11. The van der Waals surface area contributed by atoms with Gasteiger partial charge in [0.2, 0.25) is 0 Å². The Morgan fingerprint density at radius 2 is 1.42 bits per heavy atom. The highest BCUT2D eigenvalue weighted by Crippen LogP contribution is 2.48. The molecule has 0 unspecified atom stereocenters. The molecule has 0 aromatic carbocycles. The Kier molecular flexibility index (Phi) is 12.2. The maximum atomic E-state index is 12.2. The van der Waals surface area contributed by atoms with Gasteiger partial charge in [0.05, 0.1) is 32.6 Å². The molecule has 0 heterocycles. The summed E-state index contributed by atoms with van der Waals surface area (Å²) in [5.74, 6) is 0. The molecule has 7 heteroatoms. The third kappa shape index (κ3) is 9.73. The molecule has 0 aliphatic rings. The van der Waals surface area contributed by atoms with Gasteiger partial charge in [-0.15, -0.1) is 0 Å². The molecule has 5 nitrogen and oxygen atoms in total. The van der Waals surface area contributed by atoms with Crippen LogP contribution in [0.4, 0.5) is 0 Å². The van der Waals surface area contributed by atoms with E-state index in [4.69, 9.17) is 18.1 Å². The Morgan fingerprint density at radius 1 is 0.895 bits per heavy atom. The van der Waals surface area contributed by atoms with E-state index < -0.39 is 16.0 Å². The van der Waals surface area contributed by atoms with Crippen LogP contribution in [0.3, 0.4) is 0 Å². The quantitative estimate of drug-likeness (QED) is 0.399. The summed E-state index contributed by atoms with van der Waals surface area (Å²) < 4.78 is 33.5. The summed E-state index contributed by atoms with van der Waals surface area (Å²) in [5.41, 5.74) is 0. The van der Waals surface area contributed by atoms with E-state index >= 15 is 0 Å². The minimum absolute atomic E-state index is 0.288. The molecular weight excluding hydrogens is 286 g/mol. The molecule has 0 bridgehead atoms. The molecule has 0 aromatic heterocycles. The van der Waals surface area contributed by atoms with Crippen LogP contribution in [0.15, 0.2) is 12.2 Å². The smallest absolute Gasteiger partial charge is 0.334 e. The highest BCUT2D eigenvalue weighted by Gasteiger charge is 2.21. The monoisotopic (exact) mass is 312 g/mol. The molecule has 0 rings (SSSR count). The number of allylic oxidation sites excluding steroid dienone is 2. The van der Waals surface area contributed by atoms with Crippen molar-refractivity contribution in [3.8, 4) is 0 Å². The van der Waals surface area contributed by atoms with E-state index in [-0.39, 0.29) is 6.16 Å². The zero-order valence-electron chi connectivity index (χ0n) is 12.3. The van der Waals surface area contributed by atoms with Gasteiger partial charge in [-0.2, -0.15) is 0 Å². The first-order valence-electron chi connectivity index (χ1n) is 6.68. The highest BCUT2D eigenvalue weighted by atomic mass is 31.2. The lowest BCUT2D eigenvalue weighted by atomic mass is 10.6. The predicted octanol–water partition coefficient (Wildman–Crippen LogP) is 4.19. The van der Waals surface area contributed by atoms with Crippen molar-refractivity contribution >= 4 is 16.0 Å². The van der Waals surface area contributed by atoms with Crippen LogP contribution in [0.5, 0.6) is 0 Å². The molecule has 0 atom stereocenters. The van der Waals surface area contributed by atoms with Gasteiger partial charge in [-0.25, -0.2) is 0 Å². The third-order valence-electron chi connectivity index (χ3n) is 1.95. The molecule has 0 radical (unpaired) electrons. The van der Waals surface area contributed by atoms with Crippen molar-refractivity contribution in [1.82, 2.24) is 0 Å². The van der Waals surface area contributed by atoms with Crippen LogP contribution in [0.2, 0.25) is 0 Å². The number of hydrogen-bond donors (Lipinski definition) is 0. The van der Waals surface area contributed by atoms with Gasteiger partial charge in [0, 0.05) is 6.16 Å². The molecule has 0 spiro atoms. The Hall–Kier alpha value is 0.240. The van der Waals surface area contributed by atoms with Crippen LogP contribution in [0, 0.1) is 0 Å². The fraction of sp³-hybridized carbons (Fsp3) is 0.833. The second-order valence-electron chi connectivity index (χ2n) is 3.45. The zero-order chi connectivity index (χ0) is 14.6. The molecule has 0 aliphatic carbocycles. The molecule has 0 saturated heterocycles. The molecule has 0 aliphatic heterocycles. The summed E-state index contributed by atoms with van der Waals surface area (Å²) in [5, 5.41) is 0. The Balaban J connectivity index is 4.19. The average molecular weight is 312 g/mol. The van der Waals surface area contributed by atoms with E-state index in [9.17, 15) is 4.57 Å². The maximum Gasteiger partial charge on any atom is 0.334 e. The van der Waals surface area contributed by atoms with Gasteiger partial charge in [0.25, 0.3) is 0 Å². The van der Waals surface area contributed by atoms with Gasteiger partial charge >= 0.3 is 7.60 Å². The first-order valence-corrected chi connectivity index (χ1v) is 9.77. The molecule has 19 heavy (non-hydrogen) atoms. The van der Waals surface area contributed by atoms with Crippen LogP contribution in [-0.4, -0.2) is 38.8 Å². The van der Waals surface area contributed by atoms with Crippen molar-refractivity contribution in [1.29, 1.82) is 0 Å². The van der Waals surface area contributed by atoms with E-state index in [2.05, 4.69) is 0 Å². The van der Waals surface area contributed by atoms with Gasteiger partial charge in [-0.1, -0.05) is 12.2 Å². The molecule has 0 N–H and O–H groups in total. The van der Waals surface area contributed by atoms with Gasteiger partial charge in [0.15, 0.2) is 8.38 Å². The second kappa shape index (κ2) is 12.0. The van der Waals surface area contributed by atoms with Crippen LogP contribution >= 0.6 is 16.0 Å². The fourth-order valence-corrected chi connectivity index (χ4v) is 3.99. The summed E-state index contributed by atoms with van der Waals surface area (Å²) in [6, 6.07) is 0. The van der Waals surface area contributed by atoms with Gasteiger partial charge in [-0.3, -0.25) is 4.57 Å².